The van der Waals surface area contributed by atoms with E-state index in [4.69, 9.17) is 4.74 Å². The number of amides is 1. The molecule has 2 bridgehead atoms. The molecule has 1 spiro atoms. The Kier molecular flexibility index (Phi) is 6.18. The van der Waals surface area contributed by atoms with Gasteiger partial charge in [0.2, 0.25) is 15.9 Å². The van der Waals surface area contributed by atoms with Gasteiger partial charge in [-0.2, -0.15) is 0 Å². The van der Waals surface area contributed by atoms with Crippen molar-refractivity contribution in [3.8, 4) is 0 Å². The summed E-state index contributed by atoms with van der Waals surface area (Å²) in [5.74, 6) is 0.394. The average Bonchev–Trinajstić information content (AvgIpc) is 3.21. The minimum absolute atomic E-state index is 0.0114. The molecule has 3 fully saturated rings. The zero-order valence-electron chi connectivity index (χ0n) is 19.4. The Labute approximate surface area is 190 Å². The first kappa shape index (κ1) is 23.6. The number of nitrogens with one attached hydrogen (secondary N) is 2. The van der Waals surface area contributed by atoms with Crippen molar-refractivity contribution in [2.75, 3.05) is 13.2 Å². The van der Waals surface area contributed by atoms with Crippen LogP contribution in [0.5, 0.6) is 0 Å². The Balaban J connectivity index is 1.45. The van der Waals surface area contributed by atoms with Crippen LogP contribution in [0.3, 0.4) is 0 Å². The van der Waals surface area contributed by atoms with Gasteiger partial charge in [0, 0.05) is 25.1 Å². The summed E-state index contributed by atoms with van der Waals surface area (Å²) in [6, 6.07) is 4.93. The van der Waals surface area contributed by atoms with Crippen molar-refractivity contribution in [3.05, 3.63) is 30.1 Å². The van der Waals surface area contributed by atoms with E-state index >= 15 is 0 Å². The van der Waals surface area contributed by atoms with Gasteiger partial charge >= 0.3 is 0 Å². The molecule has 1 aromatic carbocycles. The maximum atomic E-state index is 13.1. The van der Waals surface area contributed by atoms with Gasteiger partial charge in [0.05, 0.1) is 11.0 Å². The number of sulfonamides is 1. The number of hydrogen-bond acceptors (Lipinski definition) is 4. The standard InChI is InChI=1S/C24H35FN2O4S/c1-15(2)21(28)27-22-23(3,4)16-13-19-20(31-12-10-24(19,22)14-16)9-11-26-32(29,30)18-7-5-17(25)6-8-18/h5-8,15-16,19-20,22,26H,9-14H2,1-4H3,(H,27,28)/t16-,19-,20-,22-,24?/m1/s1. The lowest BCUT2D eigenvalue weighted by Crippen LogP contribution is -2.60. The molecular weight excluding hydrogens is 431 g/mol. The van der Waals surface area contributed by atoms with Crippen LogP contribution in [-0.2, 0) is 19.6 Å². The zero-order chi connectivity index (χ0) is 23.3. The van der Waals surface area contributed by atoms with Crippen molar-refractivity contribution in [2.24, 2.45) is 28.6 Å². The molecule has 1 aromatic rings. The molecule has 1 unspecified atom stereocenters. The van der Waals surface area contributed by atoms with Gasteiger partial charge in [0.1, 0.15) is 5.82 Å². The molecule has 0 radical (unpaired) electrons. The highest BCUT2D eigenvalue weighted by atomic mass is 32.2. The minimum Gasteiger partial charge on any atom is -0.378 e. The van der Waals surface area contributed by atoms with Gasteiger partial charge in [-0.25, -0.2) is 17.5 Å². The third kappa shape index (κ3) is 3.99. The fourth-order valence-electron chi connectivity index (χ4n) is 6.54. The van der Waals surface area contributed by atoms with Crippen LogP contribution in [0.1, 0.15) is 53.4 Å². The zero-order valence-corrected chi connectivity index (χ0v) is 20.2. The van der Waals surface area contributed by atoms with E-state index in [9.17, 15) is 17.6 Å². The van der Waals surface area contributed by atoms with E-state index in [0.29, 0.717) is 24.9 Å². The molecule has 1 heterocycles. The second-order valence-corrected chi connectivity index (χ2v) is 12.5. The van der Waals surface area contributed by atoms with Crippen LogP contribution in [0.25, 0.3) is 0 Å². The summed E-state index contributed by atoms with van der Waals surface area (Å²) in [7, 11) is -3.70. The Bertz CT molecular complexity index is 963. The van der Waals surface area contributed by atoms with E-state index in [1.54, 1.807) is 0 Å². The maximum absolute atomic E-state index is 13.1. The highest BCUT2D eigenvalue weighted by molar-refractivity contribution is 7.89. The summed E-state index contributed by atoms with van der Waals surface area (Å²) in [6.45, 7) is 9.27. The summed E-state index contributed by atoms with van der Waals surface area (Å²) in [5.41, 5.74) is 0.0462. The Hall–Kier alpha value is -1.51. The molecule has 1 saturated heterocycles. The third-order valence-corrected chi connectivity index (χ3v) is 9.76. The van der Waals surface area contributed by atoms with Gasteiger partial charge < -0.3 is 10.1 Å². The number of hydrogen-bond donors (Lipinski definition) is 2. The fourth-order valence-corrected chi connectivity index (χ4v) is 7.58. The fraction of sp³-hybridized carbons (Fsp3) is 0.708. The topological polar surface area (TPSA) is 84.5 Å². The number of carbonyl (C=O) groups excluding carboxylic acids is 1. The lowest BCUT2D eigenvalue weighted by atomic mass is 9.59. The molecule has 32 heavy (non-hydrogen) atoms. The molecule has 2 aliphatic carbocycles. The quantitative estimate of drug-likeness (QED) is 0.644. The van der Waals surface area contributed by atoms with Gasteiger partial charge in [-0.15, -0.1) is 0 Å². The van der Waals surface area contributed by atoms with Crippen molar-refractivity contribution in [1.29, 1.82) is 0 Å². The second kappa shape index (κ2) is 8.37. The molecule has 8 heteroatoms. The summed E-state index contributed by atoms with van der Waals surface area (Å²) in [5, 5.41) is 3.38. The van der Waals surface area contributed by atoms with E-state index in [1.165, 1.54) is 12.1 Å². The first-order valence-electron chi connectivity index (χ1n) is 11.6. The lowest BCUT2D eigenvalue weighted by Gasteiger charge is -2.53. The molecule has 5 atom stereocenters. The van der Waals surface area contributed by atoms with Crippen LogP contribution >= 0.6 is 0 Å². The number of benzene rings is 1. The van der Waals surface area contributed by atoms with Crippen molar-refractivity contribution in [3.63, 3.8) is 0 Å². The van der Waals surface area contributed by atoms with E-state index < -0.39 is 15.8 Å². The molecular formula is C24H35FN2O4S. The van der Waals surface area contributed by atoms with Crippen molar-refractivity contribution in [2.45, 2.75) is 70.4 Å². The molecule has 0 aromatic heterocycles. The predicted octanol–water partition coefficient (Wildman–Crippen LogP) is 3.48. The van der Waals surface area contributed by atoms with Crippen LogP contribution in [-0.4, -0.2) is 39.6 Å². The molecule has 1 aliphatic heterocycles. The van der Waals surface area contributed by atoms with Crippen molar-refractivity contribution >= 4 is 15.9 Å². The lowest BCUT2D eigenvalue weighted by molar-refractivity contribution is -0.138. The molecule has 178 valence electrons. The monoisotopic (exact) mass is 466 g/mol. The predicted molar refractivity (Wildman–Crippen MR) is 120 cm³/mol. The highest BCUT2D eigenvalue weighted by Gasteiger charge is 2.68. The van der Waals surface area contributed by atoms with E-state index in [1.807, 2.05) is 13.8 Å². The van der Waals surface area contributed by atoms with Gasteiger partial charge in [0.15, 0.2) is 0 Å². The van der Waals surface area contributed by atoms with E-state index in [2.05, 4.69) is 23.9 Å². The van der Waals surface area contributed by atoms with Gasteiger partial charge in [-0.3, -0.25) is 4.79 Å². The molecule has 2 N–H and O–H groups in total. The smallest absolute Gasteiger partial charge is 0.240 e. The number of carbonyl (C=O) groups is 1. The first-order valence-corrected chi connectivity index (χ1v) is 13.1. The number of halogens is 1. The largest absolute Gasteiger partial charge is 0.378 e. The number of rotatable bonds is 7. The molecule has 3 aliphatic rings. The van der Waals surface area contributed by atoms with E-state index in [0.717, 1.165) is 31.4 Å². The summed E-state index contributed by atoms with van der Waals surface area (Å²) >= 11 is 0. The maximum Gasteiger partial charge on any atom is 0.240 e. The van der Waals surface area contributed by atoms with Crippen molar-refractivity contribution < 1.29 is 22.3 Å². The van der Waals surface area contributed by atoms with Crippen LogP contribution < -0.4 is 10.0 Å². The molecule has 4 rings (SSSR count). The average molecular weight is 467 g/mol. The Morgan fingerprint density at radius 1 is 1.25 bits per heavy atom. The Morgan fingerprint density at radius 2 is 1.94 bits per heavy atom. The minimum atomic E-state index is -3.70. The SMILES string of the molecule is CC(C)C(=O)N[C@@H]1C(C)(C)[C@@H]2C[C@@H]3[C@@H](CCNS(=O)(=O)c4ccc(F)cc4)OCCC31C2. The summed E-state index contributed by atoms with van der Waals surface area (Å²) in [6.07, 6.45) is 3.61. The van der Waals surface area contributed by atoms with Crippen molar-refractivity contribution in [1.82, 2.24) is 10.0 Å². The highest BCUT2D eigenvalue weighted by Crippen LogP contribution is 2.68. The number of fused-ring (bicyclic) bond motifs is 1. The Morgan fingerprint density at radius 3 is 2.59 bits per heavy atom. The summed E-state index contributed by atoms with van der Waals surface area (Å²) < 4.78 is 47.0. The third-order valence-electron chi connectivity index (χ3n) is 8.28. The number of ether oxygens (including phenoxy) is 1. The normalized spacial score (nSPS) is 33.3. The molecule has 2 saturated carbocycles. The van der Waals surface area contributed by atoms with Crippen LogP contribution in [0, 0.1) is 34.4 Å². The molecule has 1 amide bonds. The van der Waals surface area contributed by atoms with Crippen LogP contribution in [0.2, 0.25) is 0 Å². The first-order chi connectivity index (χ1) is 15.0. The van der Waals surface area contributed by atoms with Gasteiger partial charge in [-0.05, 0) is 72.6 Å². The van der Waals surface area contributed by atoms with Crippen LogP contribution in [0.4, 0.5) is 4.39 Å². The van der Waals surface area contributed by atoms with Crippen LogP contribution in [0.15, 0.2) is 29.2 Å². The summed E-state index contributed by atoms with van der Waals surface area (Å²) in [4.78, 5) is 12.7. The second-order valence-electron chi connectivity index (χ2n) is 10.7. The van der Waals surface area contributed by atoms with Gasteiger partial charge in [0.25, 0.3) is 0 Å². The van der Waals surface area contributed by atoms with Gasteiger partial charge in [-0.1, -0.05) is 27.7 Å². The van der Waals surface area contributed by atoms with E-state index in [-0.39, 0.29) is 46.2 Å². The molecule has 6 nitrogen and oxygen atoms in total.